The summed E-state index contributed by atoms with van der Waals surface area (Å²) in [5.74, 6) is -0.788. The number of imide groups is 1. The molecule has 1 atom stereocenters. The maximum Gasteiger partial charge on any atom is 0.411 e. The lowest BCUT2D eigenvalue weighted by Crippen LogP contribution is -2.67. The van der Waals surface area contributed by atoms with Crippen molar-refractivity contribution in [3.8, 4) is 0 Å². The molecule has 0 aliphatic carbocycles. The monoisotopic (exact) mass is 372 g/mol. The second-order valence-corrected chi connectivity index (χ2v) is 8.03. The first kappa shape index (κ1) is 20.7. The molecule has 1 aliphatic rings. The molecule has 6 nitrogen and oxygen atoms in total. The molecular formula is C21H28N2O4. The van der Waals surface area contributed by atoms with Gasteiger partial charge in [-0.1, -0.05) is 23.8 Å². The van der Waals surface area contributed by atoms with E-state index in [1.54, 1.807) is 45.9 Å². The average molecular weight is 372 g/mol. The zero-order valence-electron chi connectivity index (χ0n) is 16.7. The molecule has 0 unspecified atom stereocenters. The van der Waals surface area contributed by atoms with E-state index in [9.17, 15) is 14.4 Å². The van der Waals surface area contributed by atoms with Crippen LogP contribution in [0, 0.1) is 6.92 Å². The van der Waals surface area contributed by atoms with E-state index in [1.165, 1.54) is 9.80 Å². The van der Waals surface area contributed by atoms with E-state index < -0.39 is 23.1 Å². The summed E-state index contributed by atoms with van der Waals surface area (Å²) in [7, 11) is 0. The Labute approximate surface area is 160 Å². The molecule has 3 amide bonds. The number of amides is 3. The molecule has 1 aliphatic heterocycles. The topological polar surface area (TPSA) is 66.9 Å². The van der Waals surface area contributed by atoms with Crippen molar-refractivity contribution in [3.05, 3.63) is 48.0 Å². The zero-order valence-corrected chi connectivity index (χ0v) is 16.7. The highest BCUT2D eigenvalue weighted by atomic mass is 16.6. The molecule has 0 spiro atoms. The van der Waals surface area contributed by atoms with Crippen LogP contribution in [0.1, 0.15) is 50.0 Å². The molecular weight excluding hydrogens is 344 g/mol. The number of hydrogen-bond acceptors (Lipinski definition) is 4. The first-order valence-corrected chi connectivity index (χ1v) is 9.04. The lowest BCUT2D eigenvalue weighted by molar-refractivity contribution is -0.145. The van der Waals surface area contributed by atoms with Gasteiger partial charge in [-0.15, -0.1) is 6.58 Å². The van der Waals surface area contributed by atoms with E-state index >= 15 is 0 Å². The summed E-state index contributed by atoms with van der Waals surface area (Å²) in [6.07, 6.45) is 1.24. The summed E-state index contributed by atoms with van der Waals surface area (Å²) in [4.78, 5) is 41.3. The van der Waals surface area contributed by atoms with E-state index in [2.05, 4.69) is 6.58 Å². The molecule has 0 saturated carbocycles. The molecule has 1 saturated heterocycles. The van der Waals surface area contributed by atoms with Crippen molar-refractivity contribution in [2.45, 2.75) is 52.2 Å². The number of rotatable bonds is 3. The van der Waals surface area contributed by atoms with Gasteiger partial charge in [0.1, 0.15) is 11.1 Å². The zero-order chi connectivity index (χ0) is 20.4. The largest absolute Gasteiger partial charge is 0.444 e. The molecule has 0 aromatic heterocycles. The van der Waals surface area contributed by atoms with Crippen LogP contribution in [0.4, 0.5) is 4.79 Å². The van der Waals surface area contributed by atoms with Gasteiger partial charge in [0.25, 0.3) is 11.8 Å². The normalized spacial score (nSPS) is 20.4. The summed E-state index contributed by atoms with van der Waals surface area (Å²) < 4.78 is 5.46. The Bertz CT molecular complexity index is 748. The quantitative estimate of drug-likeness (QED) is 0.601. The van der Waals surface area contributed by atoms with Crippen molar-refractivity contribution in [2.75, 3.05) is 13.1 Å². The smallest absolute Gasteiger partial charge is 0.411 e. The van der Waals surface area contributed by atoms with Crippen LogP contribution in [-0.4, -0.2) is 51.9 Å². The minimum Gasteiger partial charge on any atom is -0.444 e. The molecule has 0 N–H and O–H groups in total. The summed E-state index contributed by atoms with van der Waals surface area (Å²) in [5.41, 5.74) is -0.419. The molecule has 0 radical (unpaired) electrons. The molecule has 6 heteroatoms. The van der Waals surface area contributed by atoms with Crippen LogP contribution in [0.3, 0.4) is 0 Å². The molecule has 146 valence electrons. The van der Waals surface area contributed by atoms with E-state index in [4.69, 9.17) is 4.74 Å². The van der Waals surface area contributed by atoms with E-state index in [1.807, 2.05) is 19.1 Å². The van der Waals surface area contributed by atoms with Crippen molar-refractivity contribution in [3.63, 3.8) is 0 Å². The summed E-state index contributed by atoms with van der Waals surface area (Å²) in [5, 5.41) is 0. The van der Waals surface area contributed by atoms with Crippen LogP contribution >= 0.6 is 0 Å². The number of nitrogens with zero attached hydrogens (tertiary/aromatic N) is 2. The van der Waals surface area contributed by atoms with Crippen LogP contribution < -0.4 is 0 Å². The van der Waals surface area contributed by atoms with Crippen molar-refractivity contribution >= 4 is 17.9 Å². The van der Waals surface area contributed by atoms with Gasteiger partial charge in [0.15, 0.2) is 0 Å². The molecule has 1 heterocycles. The van der Waals surface area contributed by atoms with Crippen molar-refractivity contribution in [2.24, 2.45) is 0 Å². The van der Waals surface area contributed by atoms with Gasteiger partial charge in [0.2, 0.25) is 0 Å². The SMILES string of the molecule is C=CC[C@@]1(C)C(=O)N(C(=O)c2ccc(C)cc2)CCN1C(=O)OC(C)(C)C. The molecule has 27 heavy (non-hydrogen) atoms. The summed E-state index contributed by atoms with van der Waals surface area (Å²) in [6.45, 7) is 12.9. The van der Waals surface area contributed by atoms with Crippen molar-refractivity contribution in [1.82, 2.24) is 9.80 Å². The fourth-order valence-corrected chi connectivity index (χ4v) is 3.09. The standard InChI is InChI=1S/C21H28N2O4/c1-7-12-21(6)18(25)22(17(24)16-10-8-15(2)9-11-16)13-14-23(21)19(26)27-20(3,4)5/h7-11H,1,12-14H2,2-6H3/t21-/m0/s1. The minimum atomic E-state index is -1.22. The van der Waals surface area contributed by atoms with Gasteiger partial charge in [-0.3, -0.25) is 19.4 Å². The number of hydrogen-bond donors (Lipinski definition) is 0. The van der Waals surface area contributed by atoms with Crippen LogP contribution in [-0.2, 0) is 9.53 Å². The van der Waals surface area contributed by atoms with E-state index in [0.29, 0.717) is 5.56 Å². The number of carbonyl (C=O) groups is 3. The van der Waals surface area contributed by atoms with Crippen molar-refractivity contribution in [1.29, 1.82) is 0 Å². The second kappa shape index (κ2) is 7.55. The Kier molecular flexibility index (Phi) is 5.78. The van der Waals surface area contributed by atoms with Crippen LogP contribution in [0.25, 0.3) is 0 Å². The Morgan fingerprint density at radius 1 is 1.22 bits per heavy atom. The Morgan fingerprint density at radius 2 is 1.81 bits per heavy atom. The Balaban J connectivity index is 2.31. The van der Waals surface area contributed by atoms with Gasteiger partial charge < -0.3 is 4.74 Å². The number of aryl methyl sites for hydroxylation is 1. The molecule has 0 bridgehead atoms. The summed E-state index contributed by atoms with van der Waals surface area (Å²) >= 11 is 0. The van der Waals surface area contributed by atoms with Gasteiger partial charge >= 0.3 is 6.09 Å². The molecule has 2 rings (SSSR count). The van der Waals surface area contributed by atoms with Gasteiger partial charge in [0.05, 0.1) is 0 Å². The third kappa shape index (κ3) is 4.38. The van der Waals surface area contributed by atoms with Gasteiger partial charge in [-0.2, -0.15) is 0 Å². The fraction of sp³-hybridized carbons (Fsp3) is 0.476. The Hall–Kier alpha value is -2.63. The predicted molar refractivity (Wildman–Crippen MR) is 103 cm³/mol. The van der Waals surface area contributed by atoms with E-state index in [0.717, 1.165) is 5.56 Å². The number of ether oxygens (including phenoxy) is 1. The third-order valence-electron chi connectivity index (χ3n) is 4.55. The average Bonchev–Trinajstić information content (AvgIpc) is 2.56. The first-order chi connectivity index (χ1) is 12.5. The van der Waals surface area contributed by atoms with Crippen molar-refractivity contribution < 1.29 is 19.1 Å². The second-order valence-electron chi connectivity index (χ2n) is 8.03. The van der Waals surface area contributed by atoms with Crippen LogP contribution in [0.2, 0.25) is 0 Å². The Morgan fingerprint density at radius 3 is 2.33 bits per heavy atom. The predicted octanol–water partition coefficient (Wildman–Crippen LogP) is 3.55. The molecule has 1 fully saturated rings. The molecule has 1 aromatic carbocycles. The first-order valence-electron chi connectivity index (χ1n) is 9.04. The summed E-state index contributed by atoms with van der Waals surface area (Å²) in [6, 6.07) is 7.07. The van der Waals surface area contributed by atoms with Crippen LogP contribution in [0.15, 0.2) is 36.9 Å². The lowest BCUT2D eigenvalue weighted by Gasteiger charge is -2.46. The van der Waals surface area contributed by atoms with Gasteiger partial charge in [0, 0.05) is 18.7 Å². The van der Waals surface area contributed by atoms with E-state index in [-0.39, 0.29) is 25.4 Å². The fourth-order valence-electron chi connectivity index (χ4n) is 3.09. The highest BCUT2D eigenvalue weighted by Gasteiger charge is 2.50. The third-order valence-corrected chi connectivity index (χ3v) is 4.55. The maximum absolute atomic E-state index is 13.2. The minimum absolute atomic E-state index is 0.123. The highest BCUT2D eigenvalue weighted by Crippen LogP contribution is 2.29. The maximum atomic E-state index is 13.2. The van der Waals surface area contributed by atoms with Gasteiger partial charge in [-0.25, -0.2) is 4.79 Å². The number of piperazine rings is 1. The molecule has 1 aromatic rings. The van der Waals surface area contributed by atoms with Gasteiger partial charge in [-0.05, 0) is 53.2 Å². The highest BCUT2D eigenvalue weighted by molar-refractivity contribution is 6.08. The lowest BCUT2D eigenvalue weighted by atomic mass is 9.91. The number of benzene rings is 1. The van der Waals surface area contributed by atoms with Crippen LogP contribution in [0.5, 0.6) is 0 Å². The number of carbonyl (C=O) groups excluding carboxylic acids is 3.